The number of urea groups is 1. The number of nitrogens with two attached hydrogens (primary N) is 1. The van der Waals surface area contributed by atoms with Crippen molar-refractivity contribution >= 4 is 29.5 Å². The number of carbonyl (C=O) groups is 3. The molecule has 4 atom stereocenters. The second-order valence-corrected chi connectivity index (χ2v) is 8.20. The van der Waals surface area contributed by atoms with Crippen molar-refractivity contribution in [1.29, 1.82) is 0 Å². The molecular weight excluding hydrogens is 340 g/mol. The number of hydrogen-bond acceptors (Lipinski definition) is 5. The predicted octanol–water partition coefficient (Wildman–Crippen LogP) is 0.915. The van der Waals surface area contributed by atoms with E-state index in [4.69, 9.17) is 5.73 Å². The van der Waals surface area contributed by atoms with Gasteiger partial charge in [0.2, 0.25) is 5.91 Å². The van der Waals surface area contributed by atoms with Gasteiger partial charge in [0.05, 0.1) is 18.1 Å². The number of Topliss-reactive ketones (excluding diaryl/α,β-unsaturated/α-hetero) is 1. The molecule has 0 aromatic carbocycles. The van der Waals surface area contributed by atoms with E-state index in [9.17, 15) is 14.4 Å². The van der Waals surface area contributed by atoms with Crippen molar-refractivity contribution in [3.8, 4) is 0 Å². The summed E-state index contributed by atoms with van der Waals surface area (Å²) in [4.78, 5) is 34.2. The molecule has 0 aromatic rings. The number of nitrogens with one attached hydrogen (secondary N) is 3. The Hall–Kier alpha value is -1.28. The quantitative estimate of drug-likeness (QED) is 0.319. The van der Waals surface area contributed by atoms with Crippen LogP contribution in [0.15, 0.2) is 0 Å². The number of thioether (sulfide) groups is 1. The Kier molecular flexibility index (Phi) is 8.02. The Morgan fingerprint density at radius 3 is 2.84 bits per heavy atom. The van der Waals surface area contributed by atoms with Crippen LogP contribution in [-0.2, 0) is 9.59 Å². The van der Waals surface area contributed by atoms with E-state index in [1.165, 1.54) is 6.92 Å². The maximum atomic E-state index is 11.8. The van der Waals surface area contributed by atoms with Crippen molar-refractivity contribution in [3.63, 3.8) is 0 Å². The molecule has 0 bridgehead atoms. The maximum Gasteiger partial charge on any atom is 0.315 e. The highest BCUT2D eigenvalue weighted by Crippen LogP contribution is 2.33. The van der Waals surface area contributed by atoms with Gasteiger partial charge < -0.3 is 21.7 Å². The van der Waals surface area contributed by atoms with E-state index in [-0.39, 0.29) is 35.8 Å². The van der Waals surface area contributed by atoms with Crippen molar-refractivity contribution in [3.05, 3.63) is 0 Å². The fraction of sp³-hybridized carbons (Fsp3) is 0.824. The van der Waals surface area contributed by atoms with E-state index in [1.54, 1.807) is 0 Å². The summed E-state index contributed by atoms with van der Waals surface area (Å²) in [5, 5.41) is 9.31. The molecule has 0 saturated carbocycles. The van der Waals surface area contributed by atoms with Crippen molar-refractivity contribution in [2.45, 2.75) is 75.2 Å². The summed E-state index contributed by atoms with van der Waals surface area (Å²) in [6.45, 7) is 2.15. The average Bonchev–Trinajstić information content (AvgIpc) is 3.10. The lowest BCUT2D eigenvalue weighted by Gasteiger charge is -2.16. The highest BCUT2D eigenvalue weighted by molar-refractivity contribution is 8.00. The number of ketones is 1. The van der Waals surface area contributed by atoms with Gasteiger partial charge in [-0.3, -0.25) is 9.59 Å². The lowest BCUT2D eigenvalue weighted by Crippen LogP contribution is -2.36. The summed E-state index contributed by atoms with van der Waals surface area (Å²) in [7, 11) is 0. The van der Waals surface area contributed by atoms with Crippen LogP contribution >= 0.6 is 11.8 Å². The molecule has 142 valence electrons. The summed E-state index contributed by atoms with van der Waals surface area (Å²) >= 11 is 1.91. The molecule has 25 heavy (non-hydrogen) atoms. The molecule has 2 fully saturated rings. The van der Waals surface area contributed by atoms with Gasteiger partial charge in [-0.1, -0.05) is 6.42 Å². The van der Waals surface area contributed by atoms with Gasteiger partial charge in [0, 0.05) is 24.0 Å². The monoisotopic (exact) mass is 370 g/mol. The highest BCUT2D eigenvalue weighted by Gasteiger charge is 2.42. The minimum absolute atomic E-state index is 0.0173. The number of fused-ring (bicyclic) bond motifs is 1. The van der Waals surface area contributed by atoms with E-state index < -0.39 is 0 Å². The largest absolute Gasteiger partial charge is 0.356 e. The second-order valence-electron chi connectivity index (χ2n) is 6.93. The number of hydrogen-bond donors (Lipinski definition) is 4. The number of carbonyl (C=O) groups excluding carboxylic acids is 3. The zero-order valence-corrected chi connectivity index (χ0v) is 15.7. The van der Waals surface area contributed by atoms with Crippen LogP contribution in [0.3, 0.4) is 0 Å². The minimum Gasteiger partial charge on any atom is -0.356 e. The van der Waals surface area contributed by atoms with Crippen LogP contribution in [0.2, 0.25) is 0 Å². The summed E-state index contributed by atoms with van der Waals surface area (Å²) in [6, 6.07) is 0.0853. The fourth-order valence-electron chi connectivity index (χ4n) is 3.28. The van der Waals surface area contributed by atoms with Gasteiger partial charge in [-0.15, -0.1) is 0 Å². The molecule has 3 amide bonds. The van der Waals surface area contributed by atoms with Crippen LogP contribution in [0.5, 0.6) is 0 Å². The zero-order chi connectivity index (χ0) is 18.2. The Morgan fingerprint density at radius 1 is 1.28 bits per heavy atom. The number of unbranched alkanes of at least 4 members (excludes halogenated alkanes) is 2. The van der Waals surface area contributed by atoms with Crippen molar-refractivity contribution in [2.75, 3.05) is 12.3 Å². The van der Waals surface area contributed by atoms with Gasteiger partial charge in [0.25, 0.3) is 0 Å². The first-order valence-electron chi connectivity index (χ1n) is 9.18. The molecule has 5 N–H and O–H groups in total. The summed E-state index contributed by atoms with van der Waals surface area (Å²) < 4.78 is 0. The third-order valence-electron chi connectivity index (χ3n) is 4.87. The zero-order valence-electron chi connectivity index (χ0n) is 14.9. The van der Waals surface area contributed by atoms with E-state index in [0.29, 0.717) is 24.6 Å². The van der Waals surface area contributed by atoms with Crippen LogP contribution in [0.4, 0.5) is 4.79 Å². The molecule has 0 aliphatic carbocycles. The molecule has 1 unspecified atom stereocenters. The van der Waals surface area contributed by atoms with Crippen LogP contribution < -0.4 is 21.7 Å². The fourth-order valence-corrected chi connectivity index (χ4v) is 4.83. The van der Waals surface area contributed by atoms with Gasteiger partial charge in [-0.05, 0) is 39.0 Å². The number of rotatable bonds is 11. The van der Waals surface area contributed by atoms with E-state index in [2.05, 4.69) is 16.0 Å². The topological polar surface area (TPSA) is 113 Å². The third-order valence-corrected chi connectivity index (χ3v) is 6.38. The first kappa shape index (κ1) is 20.0. The lowest BCUT2D eigenvalue weighted by molar-refractivity contribution is -0.121. The van der Waals surface area contributed by atoms with Gasteiger partial charge in [-0.25, -0.2) is 4.79 Å². The first-order chi connectivity index (χ1) is 12.0. The average molecular weight is 371 g/mol. The van der Waals surface area contributed by atoms with Crippen molar-refractivity contribution < 1.29 is 14.4 Å². The first-order valence-corrected chi connectivity index (χ1v) is 10.2. The molecule has 2 rings (SSSR count). The third kappa shape index (κ3) is 6.51. The standard InChI is InChI=1S/C17H30N4O3S/c1-11(22)12(18)6-4-5-9-19-15(23)8-3-2-7-14-16-13(10-25-14)20-17(24)21-16/h12-14,16H,2-10,18H2,1H3,(H,19,23)(H2,20,21,24)/t12-,13+,14?,16+/m0/s1. The van der Waals surface area contributed by atoms with E-state index in [0.717, 1.165) is 37.9 Å². The van der Waals surface area contributed by atoms with E-state index >= 15 is 0 Å². The minimum atomic E-state index is -0.372. The van der Waals surface area contributed by atoms with Crippen molar-refractivity contribution in [2.24, 2.45) is 5.73 Å². The van der Waals surface area contributed by atoms with Gasteiger partial charge in [0.1, 0.15) is 5.78 Å². The summed E-state index contributed by atoms with van der Waals surface area (Å²) in [5.41, 5.74) is 5.67. The molecule has 2 heterocycles. The molecule has 7 nitrogen and oxygen atoms in total. The SMILES string of the molecule is CC(=O)[C@@H](N)CCCCNC(=O)CCCCC1SC[C@H]2NC(=O)N[C@@H]12. The van der Waals surface area contributed by atoms with Crippen LogP contribution in [0.1, 0.15) is 51.9 Å². The Bertz CT molecular complexity index is 489. The predicted molar refractivity (Wildman–Crippen MR) is 99.5 cm³/mol. The highest BCUT2D eigenvalue weighted by atomic mass is 32.2. The van der Waals surface area contributed by atoms with E-state index in [1.807, 2.05) is 11.8 Å². The Labute approximate surface area is 153 Å². The molecule has 0 aromatic heterocycles. The Morgan fingerprint density at radius 2 is 2.08 bits per heavy atom. The smallest absolute Gasteiger partial charge is 0.315 e. The maximum absolute atomic E-state index is 11.8. The number of amides is 3. The molecule has 0 radical (unpaired) electrons. The van der Waals surface area contributed by atoms with Crippen LogP contribution in [-0.4, -0.2) is 53.4 Å². The normalized spacial score (nSPS) is 25.8. The lowest BCUT2D eigenvalue weighted by atomic mass is 10.0. The Balaban J connectivity index is 1.46. The summed E-state index contributed by atoms with van der Waals surface area (Å²) in [6.07, 6.45) is 5.82. The summed E-state index contributed by atoms with van der Waals surface area (Å²) in [5.74, 6) is 1.08. The molecular formula is C17H30N4O3S. The molecule has 2 aliphatic heterocycles. The van der Waals surface area contributed by atoms with Gasteiger partial charge >= 0.3 is 6.03 Å². The molecule has 0 spiro atoms. The van der Waals surface area contributed by atoms with Crippen LogP contribution in [0.25, 0.3) is 0 Å². The molecule has 2 saturated heterocycles. The van der Waals surface area contributed by atoms with Gasteiger partial charge in [-0.2, -0.15) is 11.8 Å². The van der Waals surface area contributed by atoms with Gasteiger partial charge in [0.15, 0.2) is 0 Å². The van der Waals surface area contributed by atoms with Crippen molar-refractivity contribution in [1.82, 2.24) is 16.0 Å². The van der Waals surface area contributed by atoms with Crippen LogP contribution in [0, 0.1) is 0 Å². The second kappa shape index (κ2) is 10.0. The molecule has 8 heteroatoms. The molecule has 2 aliphatic rings.